The third-order valence-corrected chi connectivity index (χ3v) is 4.74. The molecule has 0 saturated carbocycles. The summed E-state index contributed by atoms with van der Waals surface area (Å²) < 4.78 is 5.32. The van der Waals surface area contributed by atoms with Crippen molar-refractivity contribution in [2.75, 3.05) is 7.11 Å². The second-order valence-corrected chi connectivity index (χ2v) is 6.79. The molecular weight excluding hydrogens is 386 g/mol. The number of pyridine rings is 1. The first-order valence-electron chi connectivity index (χ1n) is 9.84. The van der Waals surface area contributed by atoms with Crippen molar-refractivity contribution in [3.05, 3.63) is 102 Å². The van der Waals surface area contributed by atoms with Gasteiger partial charge >= 0.3 is 0 Å². The summed E-state index contributed by atoms with van der Waals surface area (Å²) in [6, 6.07) is 26.8. The van der Waals surface area contributed by atoms with E-state index in [1.807, 2.05) is 84.9 Å². The summed E-state index contributed by atoms with van der Waals surface area (Å²) in [6.07, 6.45) is 5.25. The molecule has 0 radical (unpaired) electrons. The molecule has 31 heavy (non-hydrogen) atoms. The van der Waals surface area contributed by atoms with Crippen LogP contribution >= 0.6 is 0 Å². The van der Waals surface area contributed by atoms with Crippen LogP contribution in [-0.4, -0.2) is 24.2 Å². The molecule has 0 saturated heterocycles. The highest BCUT2D eigenvalue weighted by Crippen LogP contribution is 2.27. The van der Waals surface area contributed by atoms with Gasteiger partial charge in [0, 0.05) is 17.2 Å². The molecule has 4 aromatic rings. The first-order chi connectivity index (χ1) is 15.2. The van der Waals surface area contributed by atoms with Crippen LogP contribution in [0.4, 0.5) is 0 Å². The van der Waals surface area contributed by atoms with Crippen LogP contribution in [0.3, 0.4) is 0 Å². The monoisotopic (exact) mass is 407 g/mol. The van der Waals surface area contributed by atoms with Crippen molar-refractivity contribution < 1.29 is 9.53 Å². The molecule has 1 N–H and O–H groups in total. The Labute approximate surface area is 180 Å². The number of ether oxygens (including phenoxy) is 1. The average Bonchev–Trinajstić information content (AvgIpc) is 2.83. The van der Waals surface area contributed by atoms with Crippen molar-refractivity contribution in [2.24, 2.45) is 5.10 Å². The average molecular weight is 407 g/mol. The van der Waals surface area contributed by atoms with Crippen molar-refractivity contribution in [3.63, 3.8) is 0 Å². The number of carbonyl (C=O) groups is 1. The Morgan fingerprint density at radius 2 is 1.77 bits per heavy atom. The molecule has 1 heterocycles. The van der Waals surface area contributed by atoms with E-state index >= 15 is 0 Å². The number of fused-ring (bicyclic) bond motifs is 1. The zero-order chi connectivity index (χ0) is 21.5. The Hall–Kier alpha value is -4.25. The fraction of sp³-hybridized carbons (Fsp3) is 0.0385. The van der Waals surface area contributed by atoms with Crippen molar-refractivity contribution in [3.8, 4) is 17.0 Å². The maximum absolute atomic E-state index is 12.9. The van der Waals surface area contributed by atoms with Gasteiger partial charge in [-0.15, -0.1) is 0 Å². The van der Waals surface area contributed by atoms with E-state index in [4.69, 9.17) is 9.72 Å². The van der Waals surface area contributed by atoms with E-state index in [1.54, 1.807) is 25.5 Å². The van der Waals surface area contributed by atoms with Gasteiger partial charge in [0.15, 0.2) is 0 Å². The molecule has 152 valence electrons. The molecular formula is C26H21N3O2. The minimum Gasteiger partial charge on any atom is -0.497 e. The summed E-state index contributed by atoms with van der Waals surface area (Å²) in [4.78, 5) is 17.6. The van der Waals surface area contributed by atoms with Gasteiger partial charge in [-0.1, -0.05) is 66.7 Å². The Morgan fingerprint density at radius 3 is 2.61 bits per heavy atom. The highest BCUT2D eigenvalue weighted by molar-refractivity contribution is 6.07. The molecule has 0 fully saturated rings. The number of rotatable bonds is 6. The van der Waals surface area contributed by atoms with Gasteiger partial charge in [-0.3, -0.25) is 4.79 Å². The molecule has 3 aromatic carbocycles. The summed E-state index contributed by atoms with van der Waals surface area (Å²) in [6.45, 7) is 0. The van der Waals surface area contributed by atoms with Crippen molar-refractivity contribution in [2.45, 2.75) is 0 Å². The van der Waals surface area contributed by atoms with Gasteiger partial charge in [0.05, 0.1) is 23.9 Å². The van der Waals surface area contributed by atoms with Gasteiger partial charge in [0.25, 0.3) is 5.91 Å². The number of hydrogen-bond donors (Lipinski definition) is 1. The molecule has 0 aliphatic heterocycles. The van der Waals surface area contributed by atoms with E-state index in [0.29, 0.717) is 11.3 Å². The van der Waals surface area contributed by atoms with Gasteiger partial charge in [-0.2, -0.15) is 5.10 Å². The third kappa shape index (κ3) is 4.85. The Bertz CT molecular complexity index is 1260. The molecule has 0 unspecified atom stereocenters. The quantitative estimate of drug-likeness (QED) is 0.347. The molecule has 0 aliphatic rings. The van der Waals surface area contributed by atoms with Gasteiger partial charge < -0.3 is 4.74 Å². The minimum absolute atomic E-state index is 0.299. The summed E-state index contributed by atoms with van der Waals surface area (Å²) in [7, 11) is 1.62. The van der Waals surface area contributed by atoms with Crippen molar-refractivity contribution in [1.82, 2.24) is 10.4 Å². The van der Waals surface area contributed by atoms with E-state index in [1.165, 1.54) is 0 Å². The normalized spacial score (nSPS) is 11.3. The number of allylic oxidation sites excluding steroid dienone is 1. The molecule has 0 aliphatic carbocycles. The number of carbonyl (C=O) groups excluding carboxylic acids is 1. The van der Waals surface area contributed by atoms with Crippen LogP contribution in [0.5, 0.6) is 5.75 Å². The number of aromatic nitrogens is 1. The number of hydrogen-bond acceptors (Lipinski definition) is 4. The van der Waals surface area contributed by atoms with E-state index in [9.17, 15) is 4.79 Å². The number of nitrogens with one attached hydrogen (secondary N) is 1. The van der Waals surface area contributed by atoms with E-state index in [0.717, 1.165) is 27.8 Å². The number of para-hydroxylation sites is 1. The van der Waals surface area contributed by atoms with Crippen LogP contribution in [0.15, 0.2) is 96.1 Å². The van der Waals surface area contributed by atoms with Crippen LogP contribution in [0.2, 0.25) is 0 Å². The van der Waals surface area contributed by atoms with Crippen molar-refractivity contribution in [1.29, 1.82) is 0 Å². The van der Waals surface area contributed by atoms with Crippen LogP contribution < -0.4 is 10.2 Å². The lowest BCUT2D eigenvalue weighted by atomic mass is 10.0. The van der Waals surface area contributed by atoms with E-state index < -0.39 is 0 Å². The fourth-order valence-corrected chi connectivity index (χ4v) is 3.21. The lowest BCUT2D eigenvalue weighted by Crippen LogP contribution is -2.18. The smallest absolute Gasteiger partial charge is 0.272 e. The summed E-state index contributed by atoms with van der Waals surface area (Å²) in [5.41, 5.74) is 6.47. The van der Waals surface area contributed by atoms with Gasteiger partial charge in [-0.05, 0) is 35.9 Å². The molecule has 1 amide bonds. The third-order valence-electron chi connectivity index (χ3n) is 4.74. The van der Waals surface area contributed by atoms with Gasteiger partial charge in [0.2, 0.25) is 0 Å². The molecule has 4 rings (SSSR count). The largest absolute Gasteiger partial charge is 0.497 e. The Morgan fingerprint density at radius 1 is 0.968 bits per heavy atom. The summed E-state index contributed by atoms with van der Waals surface area (Å²) in [5.74, 6) is 0.431. The van der Waals surface area contributed by atoms with E-state index in [-0.39, 0.29) is 5.91 Å². The van der Waals surface area contributed by atoms with Crippen LogP contribution in [0, 0.1) is 0 Å². The van der Waals surface area contributed by atoms with Gasteiger partial charge in [0.1, 0.15) is 5.75 Å². The molecule has 5 nitrogen and oxygen atoms in total. The number of methoxy groups -OCH3 is 1. The Balaban J connectivity index is 1.60. The van der Waals surface area contributed by atoms with Crippen LogP contribution in [-0.2, 0) is 0 Å². The molecule has 1 aromatic heterocycles. The fourth-order valence-electron chi connectivity index (χ4n) is 3.21. The van der Waals surface area contributed by atoms with E-state index in [2.05, 4.69) is 10.5 Å². The zero-order valence-electron chi connectivity index (χ0n) is 17.0. The summed E-state index contributed by atoms with van der Waals surface area (Å²) >= 11 is 0. The maximum Gasteiger partial charge on any atom is 0.272 e. The number of nitrogens with zero attached hydrogens (tertiary/aromatic N) is 2. The predicted molar refractivity (Wildman–Crippen MR) is 125 cm³/mol. The number of benzene rings is 3. The van der Waals surface area contributed by atoms with Crippen molar-refractivity contribution >= 4 is 29.1 Å². The summed E-state index contributed by atoms with van der Waals surface area (Å²) in [5, 5.41) is 4.81. The SMILES string of the molecule is COc1cccc(-c2cc(C(=O)N/N=C\C=C\c3ccccc3)c3ccccc3n2)c1. The Kier molecular flexibility index (Phi) is 6.14. The van der Waals surface area contributed by atoms with Gasteiger partial charge in [-0.25, -0.2) is 10.4 Å². The lowest BCUT2D eigenvalue weighted by Gasteiger charge is -2.09. The first kappa shape index (κ1) is 20.0. The molecule has 0 spiro atoms. The molecule has 0 bridgehead atoms. The molecule has 0 atom stereocenters. The number of hydrazone groups is 1. The topological polar surface area (TPSA) is 63.6 Å². The highest BCUT2D eigenvalue weighted by Gasteiger charge is 2.13. The number of amides is 1. The maximum atomic E-state index is 12.9. The molecule has 5 heteroatoms. The second-order valence-electron chi connectivity index (χ2n) is 6.79. The first-order valence-corrected chi connectivity index (χ1v) is 9.84. The minimum atomic E-state index is -0.299. The second kappa shape index (κ2) is 9.50. The zero-order valence-corrected chi connectivity index (χ0v) is 17.0. The lowest BCUT2D eigenvalue weighted by molar-refractivity contribution is 0.0957. The van der Waals surface area contributed by atoms with Crippen LogP contribution in [0.25, 0.3) is 28.2 Å². The standard InChI is InChI=1S/C26H21N3O2/c1-31-21-13-7-12-20(17-21)25-18-23(22-14-5-6-15-24(22)28-25)26(30)29-27-16-8-11-19-9-3-2-4-10-19/h2-18H,1H3,(H,29,30)/b11-8+,27-16-. The predicted octanol–water partition coefficient (Wildman–Crippen LogP) is 5.34. The van der Waals surface area contributed by atoms with Crippen LogP contribution in [0.1, 0.15) is 15.9 Å². The highest BCUT2D eigenvalue weighted by atomic mass is 16.5.